The number of aromatic nitrogens is 5. The zero-order chi connectivity index (χ0) is 23.2. The van der Waals surface area contributed by atoms with E-state index in [0.717, 1.165) is 0 Å². The summed E-state index contributed by atoms with van der Waals surface area (Å²) < 4.78 is 55.0. The van der Waals surface area contributed by atoms with Gasteiger partial charge in [-0.05, 0) is 37.1 Å². The molecule has 168 valence electrons. The van der Waals surface area contributed by atoms with Crippen molar-refractivity contribution in [1.82, 2.24) is 30.0 Å². The van der Waals surface area contributed by atoms with Crippen molar-refractivity contribution in [3.05, 3.63) is 71.7 Å². The molecule has 1 aliphatic heterocycles. The van der Waals surface area contributed by atoms with Crippen LogP contribution in [0.4, 0.5) is 17.6 Å². The highest BCUT2D eigenvalue weighted by Gasteiger charge is 2.34. The monoisotopic (exact) mass is 456 g/mol. The summed E-state index contributed by atoms with van der Waals surface area (Å²) in [5, 5.41) is 7.16. The lowest BCUT2D eigenvalue weighted by molar-refractivity contribution is -0.141. The predicted octanol–water partition coefficient (Wildman–Crippen LogP) is 4.31. The molecule has 0 saturated heterocycles. The van der Waals surface area contributed by atoms with E-state index in [1.54, 1.807) is 22.9 Å². The second-order valence-corrected chi connectivity index (χ2v) is 7.64. The molecule has 0 radical (unpaired) electrons. The number of benzene rings is 1. The fourth-order valence-corrected chi connectivity index (χ4v) is 3.85. The maximum absolute atomic E-state index is 14.3. The van der Waals surface area contributed by atoms with Gasteiger partial charge >= 0.3 is 6.18 Å². The van der Waals surface area contributed by atoms with Crippen molar-refractivity contribution in [3.8, 4) is 11.3 Å². The summed E-state index contributed by atoms with van der Waals surface area (Å²) >= 11 is 0. The molecule has 0 fully saturated rings. The van der Waals surface area contributed by atoms with Gasteiger partial charge < -0.3 is 5.32 Å². The van der Waals surface area contributed by atoms with Gasteiger partial charge in [-0.3, -0.25) is 14.5 Å². The molecule has 4 heterocycles. The minimum Gasteiger partial charge on any atom is -0.342 e. The zero-order valence-electron chi connectivity index (χ0n) is 17.0. The first-order valence-electron chi connectivity index (χ1n) is 10.1. The molecule has 7 nitrogen and oxygen atoms in total. The number of halogens is 4. The minimum absolute atomic E-state index is 0.0436. The first-order chi connectivity index (χ1) is 15.8. The molecular weight excluding hydrogens is 440 g/mol. The molecule has 0 spiro atoms. The number of hydrogen-bond donors (Lipinski definition) is 1. The summed E-state index contributed by atoms with van der Waals surface area (Å²) in [5.74, 6) is -1.35. The maximum atomic E-state index is 14.3. The Morgan fingerprint density at radius 1 is 1.09 bits per heavy atom. The maximum Gasteiger partial charge on any atom is 0.433 e. The Balaban J connectivity index is 1.44. The first kappa shape index (κ1) is 21.0. The molecule has 5 rings (SSSR count). The minimum atomic E-state index is -4.71. The molecule has 4 aromatic rings. The van der Waals surface area contributed by atoms with Gasteiger partial charge in [0.2, 0.25) is 0 Å². The second-order valence-electron chi connectivity index (χ2n) is 7.64. The van der Waals surface area contributed by atoms with E-state index < -0.39 is 29.6 Å². The number of fused-ring (bicyclic) bond motifs is 2. The molecule has 1 aliphatic rings. The van der Waals surface area contributed by atoms with Crippen LogP contribution in [0, 0.1) is 5.82 Å². The molecule has 1 atom stereocenters. The van der Waals surface area contributed by atoms with Gasteiger partial charge in [-0.1, -0.05) is 12.1 Å². The highest BCUT2D eigenvalue weighted by Crippen LogP contribution is 2.34. The van der Waals surface area contributed by atoms with Crippen molar-refractivity contribution in [1.29, 1.82) is 0 Å². The van der Waals surface area contributed by atoms with Crippen LogP contribution in [0.15, 0.2) is 48.8 Å². The molecule has 0 unspecified atom stereocenters. The van der Waals surface area contributed by atoms with Crippen molar-refractivity contribution in [2.24, 2.45) is 0 Å². The smallest absolute Gasteiger partial charge is 0.342 e. The highest BCUT2D eigenvalue weighted by molar-refractivity contribution is 5.94. The molecule has 0 bridgehead atoms. The fourth-order valence-electron chi connectivity index (χ4n) is 3.85. The normalized spacial score (nSPS) is 15.9. The van der Waals surface area contributed by atoms with E-state index in [4.69, 9.17) is 0 Å². The van der Waals surface area contributed by atoms with Crippen LogP contribution in [0.2, 0.25) is 0 Å². The van der Waals surface area contributed by atoms with Crippen LogP contribution in [0.3, 0.4) is 0 Å². The van der Waals surface area contributed by atoms with Crippen molar-refractivity contribution in [2.45, 2.75) is 31.6 Å². The van der Waals surface area contributed by atoms with Gasteiger partial charge in [-0.15, -0.1) is 0 Å². The molecule has 33 heavy (non-hydrogen) atoms. The van der Waals surface area contributed by atoms with Gasteiger partial charge in [-0.2, -0.15) is 18.3 Å². The van der Waals surface area contributed by atoms with Gasteiger partial charge in [0.15, 0.2) is 5.82 Å². The molecular formula is C22H16F4N6O. The van der Waals surface area contributed by atoms with E-state index in [2.05, 4.69) is 25.4 Å². The number of aryl methyl sites for hydroxylation is 1. The number of amides is 1. The van der Waals surface area contributed by atoms with Crippen LogP contribution in [-0.2, 0) is 12.7 Å². The van der Waals surface area contributed by atoms with Crippen LogP contribution in [-0.4, -0.2) is 30.6 Å². The lowest BCUT2D eigenvalue weighted by atomic mass is 10.0. The molecule has 11 heteroatoms. The van der Waals surface area contributed by atoms with E-state index in [9.17, 15) is 22.4 Å². The second kappa shape index (κ2) is 7.91. The Morgan fingerprint density at radius 3 is 2.67 bits per heavy atom. The van der Waals surface area contributed by atoms with E-state index in [0.29, 0.717) is 48.4 Å². The number of hydrogen-bond acceptors (Lipinski definition) is 5. The Labute approximate surface area is 184 Å². The van der Waals surface area contributed by atoms with Crippen molar-refractivity contribution in [3.63, 3.8) is 0 Å². The fraction of sp³-hybridized carbons (Fsp3) is 0.227. The SMILES string of the molecule is O=C(N[C@H]1CCCn2nc(-c3cc(C(F)(F)F)ncc3F)cc21)c1cnc2ccccc2n1. The van der Waals surface area contributed by atoms with Crippen LogP contribution < -0.4 is 5.32 Å². The van der Waals surface area contributed by atoms with Crippen LogP contribution >= 0.6 is 0 Å². The molecule has 0 aliphatic carbocycles. The van der Waals surface area contributed by atoms with Gasteiger partial charge in [0.1, 0.15) is 11.4 Å². The van der Waals surface area contributed by atoms with Crippen LogP contribution in [0.1, 0.15) is 40.8 Å². The molecule has 3 aromatic heterocycles. The zero-order valence-corrected chi connectivity index (χ0v) is 17.0. The van der Waals surface area contributed by atoms with Crippen LogP contribution in [0.25, 0.3) is 22.3 Å². The largest absolute Gasteiger partial charge is 0.433 e. The van der Waals surface area contributed by atoms with E-state index in [1.165, 1.54) is 12.3 Å². The van der Waals surface area contributed by atoms with Crippen LogP contribution in [0.5, 0.6) is 0 Å². The number of nitrogens with zero attached hydrogens (tertiary/aromatic N) is 5. The number of pyridine rings is 1. The molecule has 1 aromatic carbocycles. The topological polar surface area (TPSA) is 85.6 Å². The van der Waals surface area contributed by atoms with E-state index in [-0.39, 0.29) is 17.0 Å². The quantitative estimate of drug-likeness (QED) is 0.465. The Hall–Kier alpha value is -3.89. The van der Waals surface area contributed by atoms with Gasteiger partial charge in [0.25, 0.3) is 5.91 Å². The third-order valence-corrected chi connectivity index (χ3v) is 5.44. The molecule has 0 saturated carbocycles. The average Bonchev–Trinajstić information content (AvgIpc) is 3.23. The average molecular weight is 456 g/mol. The van der Waals surface area contributed by atoms with E-state index in [1.807, 2.05) is 6.07 Å². The van der Waals surface area contributed by atoms with Gasteiger partial charge in [-0.25, -0.2) is 14.4 Å². The third-order valence-electron chi connectivity index (χ3n) is 5.44. The molecule has 1 N–H and O–H groups in total. The first-order valence-corrected chi connectivity index (χ1v) is 10.1. The van der Waals surface area contributed by atoms with E-state index >= 15 is 0 Å². The highest BCUT2D eigenvalue weighted by atomic mass is 19.4. The van der Waals surface area contributed by atoms with Gasteiger partial charge in [0, 0.05) is 12.1 Å². The summed E-state index contributed by atoms with van der Waals surface area (Å²) in [6, 6.07) is 8.82. The Bertz CT molecular complexity index is 1370. The van der Waals surface area contributed by atoms with Crippen molar-refractivity contribution < 1.29 is 22.4 Å². The number of alkyl halides is 3. The number of rotatable bonds is 3. The number of carbonyl (C=O) groups excluding carboxylic acids is 1. The summed E-state index contributed by atoms with van der Waals surface area (Å²) in [6.45, 7) is 0.496. The summed E-state index contributed by atoms with van der Waals surface area (Å²) in [7, 11) is 0. The summed E-state index contributed by atoms with van der Waals surface area (Å²) in [4.78, 5) is 24.5. The van der Waals surface area contributed by atoms with Crippen molar-refractivity contribution in [2.75, 3.05) is 0 Å². The Kier molecular flexibility index (Phi) is 5.03. The summed E-state index contributed by atoms with van der Waals surface area (Å²) in [5.41, 5.74) is 0.488. The lowest BCUT2D eigenvalue weighted by Crippen LogP contribution is -2.33. The summed E-state index contributed by atoms with van der Waals surface area (Å²) in [6.07, 6.45) is -1.53. The van der Waals surface area contributed by atoms with Crippen molar-refractivity contribution >= 4 is 16.9 Å². The Morgan fingerprint density at radius 2 is 1.88 bits per heavy atom. The number of nitrogens with one attached hydrogen (secondary N) is 1. The standard InChI is InChI=1S/C22H16F4N6O/c23-13-10-28-20(22(24,25)26)8-12(13)17-9-19-16(6-3-7-32(19)31-17)30-21(33)18-11-27-14-4-1-2-5-15(14)29-18/h1-2,4-5,8-11,16H,3,6-7H2,(H,30,33)/t16-/m0/s1. The predicted molar refractivity (Wildman–Crippen MR) is 109 cm³/mol. The van der Waals surface area contributed by atoms with Gasteiger partial charge in [0.05, 0.1) is 40.9 Å². The number of para-hydroxylation sites is 2. The number of carbonyl (C=O) groups is 1. The molecule has 1 amide bonds. The third kappa shape index (κ3) is 4.01. The lowest BCUT2D eigenvalue weighted by Gasteiger charge is -2.24.